The van der Waals surface area contributed by atoms with Crippen LogP contribution in [-0.4, -0.2) is 0 Å². The van der Waals surface area contributed by atoms with Crippen molar-refractivity contribution < 1.29 is 0 Å². The van der Waals surface area contributed by atoms with Crippen LogP contribution in [-0.2, 0) is 6.42 Å². The number of rotatable bonds is 0. The number of aryl methyl sites for hydroxylation is 1. The average Bonchev–Trinajstić information content (AvgIpc) is 2.57. The molecule has 0 bridgehead atoms. The smallest absolute Gasteiger partial charge is 0.0211 e. The Hall–Kier alpha value is -0.560. The minimum atomic E-state index is 0.812. The van der Waals surface area contributed by atoms with Crippen molar-refractivity contribution in [3.8, 4) is 0 Å². The summed E-state index contributed by atoms with van der Waals surface area (Å²) >= 11 is 3.64. The van der Waals surface area contributed by atoms with E-state index < -0.39 is 0 Å². The molecule has 0 fully saturated rings. The second-order valence-corrected chi connectivity index (χ2v) is 4.76. The van der Waals surface area contributed by atoms with Gasteiger partial charge in [-0.05, 0) is 41.9 Å². The number of benzene rings is 1. The number of hydrogen-bond acceptors (Lipinski definition) is 0. The molecule has 3 rings (SSSR count). The first-order chi connectivity index (χ1) is 6.36. The molecule has 0 spiro atoms. The minimum absolute atomic E-state index is 0.812. The summed E-state index contributed by atoms with van der Waals surface area (Å²) in [5.74, 6) is 0.812. The lowest BCUT2D eigenvalue weighted by molar-refractivity contribution is 0.684. The van der Waals surface area contributed by atoms with E-state index in [1.54, 1.807) is 11.1 Å². The minimum Gasteiger partial charge on any atom is -0.0690 e. The Labute approximate surface area is 86.8 Å². The number of allylic oxidation sites excluding steroid dienone is 1. The molecular weight excluding hydrogens is 224 g/mol. The molecule has 0 saturated carbocycles. The zero-order valence-electron chi connectivity index (χ0n) is 7.39. The Morgan fingerprint density at radius 3 is 3.15 bits per heavy atom. The van der Waals surface area contributed by atoms with Crippen LogP contribution in [0.15, 0.2) is 24.3 Å². The quantitative estimate of drug-likeness (QED) is 0.640. The van der Waals surface area contributed by atoms with Gasteiger partial charge in [-0.15, -0.1) is 0 Å². The number of hydrogen-bond donors (Lipinski definition) is 0. The SMILES string of the molecule is BrC1=CCC2CCc3cccc1c32. The van der Waals surface area contributed by atoms with E-state index in [9.17, 15) is 0 Å². The molecule has 0 aliphatic heterocycles. The molecule has 1 heteroatoms. The third-order valence-corrected chi connectivity index (χ3v) is 3.96. The summed E-state index contributed by atoms with van der Waals surface area (Å²) < 4.78 is 1.29. The molecular formula is C12H11Br. The Bertz CT molecular complexity index is 390. The Balaban J connectivity index is 2.30. The van der Waals surface area contributed by atoms with Crippen molar-refractivity contribution in [2.75, 3.05) is 0 Å². The molecule has 0 heterocycles. The fraction of sp³-hybridized carbons (Fsp3) is 0.333. The predicted octanol–water partition coefficient (Wildman–Crippen LogP) is 3.86. The maximum Gasteiger partial charge on any atom is 0.0211 e. The second-order valence-electron chi connectivity index (χ2n) is 3.90. The van der Waals surface area contributed by atoms with Crippen LogP contribution >= 0.6 is 15.9 Å². The molecule has 2 aliphatic carbocycles. The highest BCUT2D eigenvalue weighted by Gasteiger charge is 2.27. The Kier molecular flexibility index (Phi) is 1.63. The van der Waals surface area contributed by atoms with Gasteiger partial charge in [0.25, 0.3) is 0 Å². The van der Waals surface area contributed by atoms with Gasteiger partial charge in [0.1, 0.15) is 0 Å². The van der Waals surface area contributed by atoms with E-state index in [-0.39, 0.29) is 0 Å². The van der Waals surface area contributed by atoms with Gasteiger partial charge < -0.3 is 0 Å². The highest BCUT2D eigenvalue weighted by atomic mass is 79.9. The van der Waals surface area contributed by atoms with Gasteiger partial charge >= 0.3 is 0 Å². The fourth-order valence-corrected chi connectivity index (χ4v) is 3.12. The molecule has 0 N–H and O–H groups in total. The van der Waals surface area contributed by atoms with Crippen LogP contribution in [0.5, 0.6) is 0 Å². The maximum atomic E-state index is 3.64. The first-order valence-corrected chi connectivity index (χ1v) is 5.63. The van der Waals surface area contributed by atoms with Crippen LogP contribution in [0.25, 0.3) is 4.48 Å². The van der Waals surface area contributed by atoms with Crippen LogP contribution in [0, 0.1) is 0 Å². The topological polar surface area (TPSA) is 0 Å². The molecule has 1 atom stereocenters. The molecule has 1 aromatic rings. The van der Waals surface area contributed by atoms with Crippen molar-refractivity contribution >= 4 is 20.4 Å². The summed E-state index contributed by atoms with van der Waals surface area (Å²) in [5.41, 5.74) is 4.63. The zero-order chi connectivity index (χ0) is 8.84. The van der Waals surface area contributed by atoms with E-state index in [1.165, 1.54) is 29.3 Å². The molecule has 0 amide bonds. The summed E-state index contributed by atoms with van der Waals surface area (Å²) in [5, 5.41) is 0. The monoisotopic (exact) mass is 234 g/mol. The van der Waals surface area contributed by atoms with Crippen LogP contribution in [0.4, 0.5) is 0 Å². The van der Waals surface area contributed by atoms with Crippen LogP contribution in [0.3, 0.4) is 0 Å². The van der Waals surface area contributed by atoms with E-state index >= 15 is 0 Å². The molecule has 0 saturated heterocycles. The van der Waals surface area contributed by atoms with Gasteiger partial charge in [0.05, 0.1) is 0 Å². The van der Waals surface area contributed by atoms with Crippen molar-refractivity contribution in [2.45, 2.75) is 25.2 Å². The van der Waals surface area contributed by atoms with Gasteiger partial charge in [-0.3, -0.25) is 0 Å². The molecule has 2 aliphatic rings. The Morgan fingerprint density at radius 2 is 2.23 bits per heavy atom. The van der Waals surface area contributed by atoms with E-state index in [4.69, 9.17) is 0 Å². The third kappa shape index (κ3) is 1.03. The first-order valence-electron chi connectivity index (χ1n) is 4.84. The van der Waals surface area contributed by atoms with Gasteiger partial charge in [0.15, 0.2) is 0 Å². The predicted molar refractivity (Wildman–Crippen MR) is 59.0 cm³/mol. The standard InChI is InChI=1S/C12H11Br/c13-11-7-6-9-5-4-8-2-1-3-10(11)12(8)9/h1-3,7,9H,4-6H2. The first kappa shape index (κ1) is 7.81. The van der Waals surface area contributed by atoms with E-state index in [2.05, 4.69) is 40.2 Å². The molecule has 1 aromatic carbocycles. The van der Waals surface area contributed by atoms with Gasteiger partial charge in [0, 0.05) is 4.48 Å². The summed E-state index contributed by atoms with van der Waals surface area (Å²) in [4.78, 5) is 0. The molecule has 1 unspecified atom stereocenters. The molecule has 13 heavy (non-hydrogen) atoms. The lowest BCUT2D eigenvalue weighted by Gasteiger charge is -2.19. The van der Waals surface area contributed by atoms with Crippen molar-refractivity contribution in [3.63, 3.8) is 0 Å². The van der Waals surface area contributed by atoms with Gasteiger partial charge in [0.2, 0.25) is 0 Å². The van der Waals surface area contributed by atoms with Crippen LogP contribution in [0.1, 0.15) is 35.4 Å². The van der Waals surface area contributed by atoms with Crippen molar-refractivity contribution in [1.82, 2.24) is 0 Å². The highest BCUT2D eigenvalue weighted by Crippen LogP contribution is 2.45. The molecule has 66 valence electrons. The number of halogens is 1. The van der Waals surface area contributed by atoms with E-state index in [1.807, 2.05) is 0 Å². The van der Waals surface area contributed by atoms with Gasteiger partial charge in [-0.25, -0.2) is 0 Å². The van der Waals surface area contributed by atoms with Crippen LogP contribution < -0.4 is 0 Å². The molecule has 0 radical (unpaired) electrons. The normalized spacial score (nSPS) is 24.1. The Morgan fingerprint density at radius 1 is 1.31 bits per heavy atom. The van der Waals surface area contributed by atoms with Gasteiger partial charge in [-0.1, -0.05) is 40.2 Å². The fourth-order valence-electron chi connectivity index (χ4n) is 2.59. The maximum absolute atomic E-state index is 3.64. The third-order valence-electron chi connectivity index (χ3n) is 3.21. The summed E-state index contributed by atoms with van der Waals surface area (Å²) in [6.45, 7) is 0. The highest BCUT2D eigenvalue weighted by molar-refractivity contribution is 9.15. The van der Waals surface area contributed by atoms with Crippen molar-refractivity contribution in [3.05, 3.63) is 41.0 Å². The van der Waals surface area contributed by atoms with E-state index in [0.29, 0.717) is 0 Å². The average molecular weight is 235 g/mol. The summed E-state index contributed by atoms with van der Waals surface area (Å²) in [6.07, 6.45) is 6.18. The molecule has 0 nitrogen and oxygen atoms in total. The van der Waals surface area contributed by atoms with Crippen molar-refractivity contribution in [2.24, 2.45) is 0 Å². The van der Waals surface area contributed by atoms with Crippen molar-refractivity contribution in [1.29, 1.82) is 0 Å². The van der Waals surface area contributed by atoms with Crippen LogP contribution in [0.2, 0.25) is 0 Å². The lowest BCUT2D eigenvalue weighted by atomic mass is 9.89. The van der Waals surface area contributed by atoms with Gasteiger partial charge in [-0.2, -0.15) is 0 Å². The van der Waals surface area contributed by atoms with E-state index in [0.717, 1.165) is 5.92 Å². The largest absolute Gasteiger partial charge is 0.0690 e. The summed E-state index contributed by atoms with van der Waals surface area (Å²) in [7, 11) is 0. The molecule has 0 aromatic heterocycles. The second kappa shape index (κ2) is 2.71. The summed E-state index contributed by atoms with van der Waals surface area (Å²) in [6, 6.07) is 6.69. The lowest BCUT2D eigenvalue weighted by Crippen LogP contribution is -2.00. The zero-order valence-corrected chi connectivity index (χ0v) is 8.97.